The number of carbonyl (C=O) groups excluding carboxylic acids is 2. The third-order valence-electron chi connectivity index (χ3n) is 4.84. The van der Waals surface area contributed by atoms with Crippen LogP contribution in [0, 0.1) is 0 Å². The summed E-state index contributed by atoms with van der Waals surface area (Å²) in [6.07, 6.45) is 11.8. The quantitative estimate of drug-likeness (QED) is 0.249. The van der Waals surface area contributed by atoms with Crippen molar-refractivity contribution in [3.8, 4) is 0 Å². The molecule has 1 N–H and O–H groups in total. The standard InChI is InChI=1S/C22H35NO6S/c1-3-4-5-6-7-8-9-10-11-14-17-29-22(25)18(2)23-21(24)19-15-12-13-16-20(19)30(26,27)28/h12-13,15-16,18H,3-11,14,17H2,1-2H3,(H,23,24)(H,26,27,28)/p-1. The number of hydrogen-bond acceptors (Lipinski definition) is 6. The Bertz CT molecular complexity index is 763. The van der Waals surface area contributed by atoms with E-state index in [0.717, 1.165) is 25.3 Å². The van der Waals surface area contributed by atoms with Gasteiger partial charge in [-0.15, -0.1) is 0 Å². The van der Waals surface area contributed by atoms with E-state index in [0.29, 0.717) is 0 Å². The Morgan fingerprint density at radius 3 is 2.07 bits per heavy atom. The molecule has 1 aromatic rings. The Kier molecular flexibility index (Phi) is 12.3. The van der Waals surface area contributed by atoms with Crippen molar-refractivity contribution in [1.82, 2.24) is 5.32 Å². The average molecular weight is 441 g/mol. The van der Waals surface area contributed by atoms with Crippen LogP contribution in [0.2, 0.25) is 0 Å². The van der Waals surface area contributed by atoms with Gasteiger partial charge in [0, 0.05) is 0 Å². The lowest BCUT2D eigenvalue weighted by Gasteiger charge is -2.16. The molecule has 1 amide bonds. The first-order valence-electron chi connectivity index (χ1n) is 10.8. The summed E-state index contributed by atoms with van der Waals surface area (Å²) in [4.78, 5) is 23.7. The van der Waals surface area contributed by atoms with E-state index in [2.05, 4.69) is 12.2 Å². The molecule has 0 fully saturated rings. The fourth-order valence-corrected chi connectivity index (χ4v) is 3.77. The lowest BCUT2D eigenvalue weighted by Crippen LogP contribution is -2.40. The number of ether oxygens (including phenoxy) is 1. The van der Waals surface area contributed by atoms with E-state index >= 15 is 0 Å². The molecule has 0 bridgehead atoms. The first kappa shape index (κ1) is 26.1. The van der Waals surface area contributed by atoms with E-state index in [1.807, 2.05) is 0 Å². The fourth-order valence-electron chi connectivity index (χ4n) is 3.09. The predicted molar refractivity (Wildman–Crippen MR) is 114 cm³/mol. The number of esters is 1. The maximum Gasteiger partial charge on any atom is 0.328 e. The fraction of sp³-hybridized carbons (Fsp3) is 0.636. The van der Waals surface area contributed by atoms with Crippen LogP contribution >= 0.6 is 0 Å². The van der Waals surface area contributed by atoms with Gasteiger partial charge in [0.2, 0.25) is 0 Å². The second kappa shape index (κ2) is 14.1. The third-order valence-corrected chi connectivity index (χ3v) is 5.74. The SMILES string of the molecule is CCCCCCCCCCCCOC(=O)C(C)NC(=O)c1ccccc1S(=O)(=O)[O-]. The molecule has 0 saturated heterocycles. The zero-order valence-corrected chi connectivity index (χ0v) is 18.8. The molecule has 0 spiro atoms. The Labute approximate surface area is 180 Å². The summed E-state index contributed by atoms with van der Waals surface area (Å²) in [5, 5.41) is 2.38. The number of nitrogens with one attached hydrogen (secondary N) is 1. The van der Waals surface area contributed by atoms with Gasteiger partial charge < -0.3 is 14.6 Å². The van der Waals surface area contributed by atoms with Gasteiger partial charge in [-0.1, -0.05) is 76.8 Å². The van der Waals surface area contributed by atoms with Crippen LogP contribution in [-0.4, -0.2) is 37.5 Å². The van der Waals surface area contributed by atoms with Crippen molar-refractivity contribution >= 4 is 22.0 Å². The molecule has 0 aliphatic rings. The molecule has 170 valence electrons. The molecular formula is C22H34NO6S-. The predicted octanol–water partition coefficient (Wildman–Crippen LogP) is 4.17. The van der Waals surface area contributed by atoms with Gasteiger partial charge in [-0.2, -0.15) is 0 Å². The first-order valence-corrected chi connectivity index (χ1v) is 12.2. The van der Waals surface area contributed by atoms with Crippen LogP contribution in [0.1, 0.15) is 88.4 Å². The molecule has 1 unspecified atom stereocenters. The van der Waals surface area contributed by atoms with Crippen molar-refractivity contribution in [2.45, 2.75) is 89.0 Å². The molecule has 0 aliphatic heterocycles. The van der Waals surface area contributed by atoms with E-state index in [1.54, 1.807) is 0 Å². The third kappa shape index (κ3) is 10.2. The zero-order chi connectivity index (χ0) is 22.4. The summed E-state index contributed by atoms with van der Waals surface area (Å²) < 4.78 is 39.0. The number of amides is 1. The average Bonchev–Trinajstić information content (AvgIpc) is 2.71. The van der Waals surface area contributed by atoms with Gasteiger partial charge >= 0.3 is 5.97 Å². The van der Waals surface area contributed by atoms with Crippen LogP contribution in [0.4, 0.5) is 0 Å². The highest BCUT2D eigenvalue weighted by molar-refractivity contribution is 7.85. The molecule has 0 heterocycles. The summed E-state index contributed by atoms with van der Waals surface area (Å²) in [6.45, 7) is 3.94. The minimum absolute atomic E-state index is 0.279. The van der Waals surface area contributed by atoms with Gasteiger partial charge in [-0.3, -0.25) is 4.79 Å². The van der Waals surface area contributed by atoms with Gasteiger partial charge in [0.1, 0.15) is 16.2 Å². The lowest BCUT2D eigenvalue weighted by atomic mass is 10.1. The number of unbranched alkanes of at least 4 members (excludes halogenated alkanes) is 9. The van der Waals surface area contributed by atoms with Gasteiger partial charge in [-0.25, -0.2) is 13.2 Å². The molecular weight excluding hydrogens is 406 g/mol. The largest absolute Gasteiger partial charge is 0.744 e. The molecule has 1 atom stereocenters. The minimum atomic E-state index is -4.80. The lowest BCUT2D eigenvalue weighted by molar-refractivity contribution is -0.145. The normalized spacial score (nSPS) is 12.4. The van der Waals surface area contributed by atoms with Crippen molar-refractivity contribution in [1.29, 1.82) is 0 Å². The highest BCUT2D eigenvalue weighted by atomic mass is 32.2. The summed E-state index contributed by atoms with van der Waals surface area (Å²) in [7, 11) is -4.80. The second-order valence-corrected chi connectivity index (χ2v) is 8.84. The monoisotopic (exact) mass is 440 g/mol. The van der Waals surface area contributed by atoms with Gasteiger partial charge in [0.25, 0.3) is 5.91 Å². The Morgan fingerprint density at radius 2 is 1.50 bits per heavy atom. The summed E-state index contributed by atoms with van der Waals surface area (Å²) in [6, 6.07) is 4.12. The molecule has 0 radical (unpaired) electrons. The molecule has 0 aromatic heterocycles. The zero-order valence-electron chi connectivity index (χ0n) is 18.0. The number of carbonyl (C=O) groups is 2. The first-order chi connectivity index (χ1) is 14.3. The molecule has 1 aromatic carbocycles. The van der Waals surface area contributed by atoms with Crippen LogP contribution in [0.5, 0.6) is 0 Å². The Hall–Kier alpha value is -1.93. The second-order valence-electron chi connectivity index (χ2n) is 7.49. The molecule has 7 nitrogen and oxygen atoms in total. The van der Waals surface area contributed by atoms with E-state index in [-0.39, 0.29) is 12.2 Å². The van der Waals surface area contributed by atoms with E-state index in [1.165, 1.54) is 70.1 Å². The number of benzene rings is 1. The van der Waals surface area contributed by atoms with Crippen molar-refractivity contribution in [3.05, 3.63) is 29.8 Å². The molecule has 1 rings (SSSR count). The van der Waals surface area contributed by atoms with Crippen LogP contribution in [-0.2, 0) is 19.6 Å². The Morgan fingerprint density at radius 1 is 0.967 bits per heavy atom. The summed E-state index contributed by atoms with van der Waals surface area (Å²) >= 11 is 0. The van der Waals surface area contributed by atoms with Crippen molar-refractivity contribution in [2.75, 3.05) is 6.61 Å². The molecule has 8 heteroatoms. The van der Waals surface area contributed by atoms with Crippen molar-refractivity contribution in [3.63, 3.8) is 0 Å². The highest BCUT2D eigenvalue weighted by Crippen LogP contribution is 2.15. The van der Waals surface area contributed by atoms with Crippen LogP contribution in [0.3, 0.4) is 0 Å². The molecule has 0 aliphatic carbocycles. The number of rotatable bonds is 15. The van der Waals surface area contributed by atoms with E-state index < -0.39 is 32.9 Å². The maximum atomic E-state index is 12.3. The number of hydrogen-bond donors (Lipinski definition) is 1. The van der Waals surface area contributed by atoms with Gasteiger partial charge in [-0.05, 0) is 25.5 Å². The van der Waals surface area contributed by atoms with Crippen LogP contribution in [0.25, 0.3) is 0 Å². The molecule has 0 saturated carbocycles. The maximum absolute atomic E-state index is 12.3. The van der Waals surface area contributed by atoms with Crippen molar-refractivity contribution in [2.24, 2.45) is 0 Å². The summed E-state index contributed by atoms with van der Waals surface area (Å²) in [5.74, 6) is -1.41. The smallest absolute Gasteiger partial charge is 0.328 e. The topological polar surface area (TPSA) is 113 Å². The minimum Gasteiger partial charge on any atom is -0.744 e. The highest BCUT2D eigenvalue weighted by Gasteiger charge is 2.21. The molecule has 30 heavy (non-hydrogen) atoms. The van der Waals surface area contributed by atoms with Crippen LogP contribution in [0.15, 0.2) is 29.2 Å². The van der Waals surface area contributed by atoms with Crippen molar-refractivity contribution < 1.29 is 27.3 Å². The Balaban J connectivity index is 2.26. The summed E-state index contributed by atoms with van der Waals surface area (Å²) in [5.41, 5.74) is -0.290. The van der Waals surface area contributed by atoms with Crippen LogP contribution < -0.4 is 5.32 Å². The van der Waals surface area contributed by atoms with Gasteiger partial charge in [0.05, 0.1) is 17.1 Å². The van der Waals surface area contributed by atoms with Gasteiger partial charge in [0.15, 0.2) is 0 Å². The van der Waals surface area contributed by atoms with E-state index in [4.69, 9.17) is 4.74 Å². The van der Waals surface area contributed by atoms with E-state index in [9.17, 15) is 22.6 Å².